The number of hydrogen-bond donors (Lipinski definition) is 2. The molecule has 2 unspecified atom stereocenters. The van der Waals surface area contributed by atoms with Crippen LogP contribution in [0, 0.1) is 5.92 Å². The molecule has 1 heterocycles. The number of amides is 1. The summed E-state index contributed by atoms with van der Waals surface area (Å²) < 4.78 is 0. The summed E-state index contributed by atoms with van der Waals surface area (Å²) in [6.07, 6.45) is 1.80. The van der Waals surface area contributed by atoms with Crippen molar-refractivity contribution in [2.75, 3.05) is 6.54 Å². The van der Waals surface area contributed by atoms with Crippen LogP contribution < -0.4 is 5.73 Å². The van der Waals surface area contributed by atoms with E-state index in [1.807, 2.05) is 24.3 Å². The molecule has 2 rings (SSSR count). The third-order valence-electron chi connectivity index (χ3n) is 4.25. The molecule has 0 bridgehead atoms. The number of primary amides is 1. The lowest BCUT2D eigenvalue weighted by Crippen LogP contribution is -2.45. The second kappa shape index (κ2) is 6.72. The molecule has 1 saturated heterocycles. The Kier molecular flexibility index (Phi) is 4.96. The summed E-state index contributed by atoms with van der Waals surface area (Å²) in [5, 5.41) is 8.99. The first-order valence-corrected chi connectivity index (χ1v) is 7.29. The second-order valence-corrected chi connectivity index (χ2v) is 5.79. The molecule has 0 aromatic heterocycles. The summed E-state index contributed by atoms with van der Waals surface area (Å²) in [6.45, 7) is 3.45. The Bertz CT molecular complexity index is 530. The molecule has 1 fully saturated rings. The van der Waals surface area contributed by atoms with E-state index in [1.54, 1.807) is 0 Å². The standard InChI is InChI=1S/C16H22N2O3/c1-11-6-7-14(16(17)21)10-18(11)9-13-5-3-2-4-12(13)8-15(19)20/h2-5,11,14H,6-10H2,1H3,(H2,17,21)(H,19,20). The van der Waals surface area contributed by atoms with Crippen LogP contribution in [0.3, 0.4) is 0 Å². The highest BCUT2D eigenvalue weighted by atomic mass is 16.4. The van der Waals surface area contributed by atoms with Gasteiger partial charge in [0, 0.05) is 19.1 Å². The van der Waals surface area contributed by atoms with Gasteiger partial charge in [-0.05, 0) is 30.9 Å². The second-order valence-electron chi connectivity index (χ2n) is 5.79. The van der Waals surface area contributed by atoms with Gasteiger partial charge in [0.1, 0.15) is 0 Å². The minimum absolute atomic E-state index is 0.0254. The summed E-state index contributed by atoms with van der Waals surface area (Å²) in [6, 6.07) is 7.95. The van der Waals surface area contributed by atoms with Crippen LogP contribution in [-0.2, 0) is 22.6 Å². The van der Waals surface area contributed by atoms with E-state index >= 15 is 0 Å². The van der Waals surface area contributed by atoms with E-state index < -0.39 is 5.97 Å². The van der Waals surface area contributed by atoms with Gasteiger partial charge < -0.3 is 10.8 Å². The van der Waals surface area contributed by atoms with Crippen LogP contribution in [0.25, 0.3) is 0 Å². The SMILES string of the molecule is CC1CCC(C(N)=O)CN1Cc1ccccc1CC(=O)O. The van der Waals surface area contributed by atoms with Gasteiger partial charge in [0.2, 0.25) is 5.91 Å². The lowest BCUT2D eigenvalue weighted by Gasteiger charge is -2.37. The quantitative estimate of drug-likeness (QED) is 0.858. The fourth-order valence-corrected chi connectivity index (χ4v) is 2.90. The summed E-state index contributed by atoms with van der Waals surface area (Å²) >= 11 is 0. The van der Waals surface area contributed by atoms with Crippen LogP contribution in [-0.4, -0.2) is 34.5 Å². The number of aliphatic carboxylic acids is 1. The van der Waals surface area contributed by atoms with E-state index in [0.29, 0.717) is 19.1 Å². The Balaban J connectivity index is 2.12. The van der Waals surface area contributed by atoms with Crippen molar-refractivity contribution < 1.29 is 14.7 Å². The Labute approximate surface area is 124 Å². The predicted molar refractivity (Wildman–Crippen MR) is 79.6 cm³/mol. The van der Waals surface area contributed by atoms with Crippen molar-refractivity contribution in [3.05, 3.63) is 35.4 Å². The minimum atomic E-state index is -0.829. The highest BCUT2D eigenvalue weighted by Crippen LogP contribution is 2.24. The van der Waals surface area contributed by atoms with Crippen molar-refractivity contribution in [3.8, 4) is 0 Å². The van der Waals surface area contributed by atoms with Gasteiger partial charge in [-0.2, -0.15) is 0 Å². The Hall–Kier alpha value is -1.88. The Morgan fingerprint density at radius 1 is 1.29 bits per heavy atom. The number of piperidine rings is 1. The molecular formula is C16H22N2O3. The largest absolute Gasteiger partial charge is 0.481 e. The molecular weight excluding hydrogens is 268 g/mol. The molecule has 1 aliphatic rings. The van der Waals surface area contributed by atoms with Crippen molar-refractivity contribution in [2.45, 2.75) is 38.8 Å². The van der Waals surface area contributed by atoms with Crippen molar-refractivity contribution >= 4 is 11.9 Å². The molecule has 0 spiro atoms. The number of hydrogen-bond acceptors (Lipinski definition) is 3. The van der Waals surface area contributed by atoms with Gasteiger partial charge in [-0.25, -0.2) is 0 Å². The van der Waals surface area contributed by atoms with Gasteiger partial charge >= 0.3 is 5.97 Å². The molecule has 21 heavy (non-hydrogen) atoms. The molecule has 5 heteroatoms. The van der Waals surface area contributed by atoms with Crippen LogP contribution in [0.15, 0.2) is 24.3 Å². The fraction of sp³-hybridized carbons (Fsp3) is 0.500. The van der Waals surface area contributed by atoms with Crippen molar-refractivity contribution in [2.24, 2.45) is 11.7 Å². The summed E-state index contributed by atoms with van der Waals surface area (Å²) in [4.78, 5) is 24.6. The number of rotatable bonds is 5. The molecule has 0 saturated carbocycles. The first kappa shape index (κ1) is 15.5. The molecule has 1 aromatic carbocycles. The lowest BCUT2D eigenvalue weighted by atomic mass is 9.92. The molecule has 2 atom stereocenters. The van der Waals surface area contributed by atoms with Crippen LogP contribution in [0.5, 0.6) is 0 Å². The van der Waals surface area contributed by atoms with Gasteiger partial charge in [-0.15, -0.1) is 0 Å². The topological polar surface area (TPSA) is 83.6 Å². The molecule has 3 N–H and O–H groups in total. The number of likely N-dealkylation sites (tertiary alicyclic amines) is 1. The van der Waals surface area contributed by atoms with E-state index in [2.05, 4.69) is 11.8 Å². The average molecular weight is 290 g/mol. The monoisotopic (exact) mass is 290 g/mol. The Morgan fingerprint density at radius 3 is 2.57 bits per heavy atom. The molecule has 114 valence electrons. The molecule has 5 nitrogen and oxygen atoms in total. The molecule has 0 radical (unpaired) electrons. The normalized spacial score (nSPS) is 22.9. The van der Waals surface area contributed by atoms with Crippen molar-refractivity contribution in [1.29, 1.82) is 0 Å². The van der Waals surface area contributed by atoms with Crippen LogP contribution in [0.1, 0.15) is 30.9 Å². The zero-order valence-corrected chi connectivity index (χ0v) is 12.3. The zero-order chi connectivity index (χ0) is 15.4. The molecule has 1 aliphatic heterocycles. The van der Waals surface area contributed by atoms with E-state index in [-0.39, 0.29) is 18.2 Å². The minimum Gasteiger partial charge on any atom is -0.481 e. The first-order valence-electron chi connectivity index (χ1n) is 7.29. The maximum Gasteiger partial charge on any atom is 0.307 e. The van der Waals surface area contributed by atoms with Gasteiger partial charge in [0.05, 0.1) is 12.3 Å². The van der Waals surface area contributed by atoms with E-state index in [1.165, 1.54) is 0 Å². The number of benzene rings is 1. The smallest absolute Gasteiger partial charge is 0.307 e. The number of carboxylic acid groups (broad SMARTS) is 1. The first-order chi connectivity index (χ1) is 9.97. The number of carbonyl (C=O) groups excluding carboxylic acids is 1. The van der Waals surface area contributed by atoms with Gasteiger partial charge in [-0.3, -0.25) is 14.5 Å². The lowest BCUT2D eigenvalue weighted by molar-refractivity contribution is -0.136. The maximum absolute atomic E-state index is 11.4. The van der Waals surface area contributed by atoms with Crippen LogP contribution >= 0.6 is 0 Å². The summed E-state index contributed by atoms with van der Waals surface area (Å²) in [5.41, 5.74) is 7.26. The highest BCUT2D eigenvalue weighted by Gasteiger charge is 2.28. The number of carbonyl (C=O) groups is 2. The summed E-state index contributed by atoms with van der Waals surface area (Å²) in [5.74, 6) is -1.18. The maximum atomic E-state index is 11.4. The fourth-order valence-electron chi connectivity index (χ4n) is 2.90. The molecule has 1 amide bonds. The van der Waals surface area contributed by atoms with E-state index in [9.17, 15) is 9.59 Å². The van der Waals surface area contributed by atoms with Crippen molar-refractivity contribution in [3.63, 3.8) is 0 Å². The Morgan fingerprint density at radius 2 is 1.95 bits per heavy atom. The third kappa shape index (κ3) is 4.04. The number of nitrogens with two attached hydrogens (primary N) is 1. The van der Waals surface area contributed by atoms with E-state index in [0.717, 1.165) is 24.0 Å². The van der Waals surface area contributed by atoms with Gasteiger partial charge in [-0.1, -0.05) is 24.3 Å². The molecule has 1 aromatic rings. The van der Waals surface area contributed by atoms with E-state index in [4.69, 9.17) is 10.8 Å². The van der Waals surface area contributed by atoms with Gasteiger partial charge in [0.15, 0.2) is 0 Å². The predicted octanol–water partition coefficient (Wildman–Crippen LogP) is 1.40. The van der Waals surface area contributed by atoms with Crippen LogP contribution in [0.2, 0.25) is 0 Å². The number of carboxylic acids is 1. The zero-order valence-electron chi connectivity index (χ0n) is 12.3. The van der Waals surface area contributed by atoms with Crippen LogP contribution in [0.4, 0.5) is 0 Å². The average Bonchev–Trinajstić information content (AvgIpc) is 2.42. The third-order valence-corrected chi connectivity index (χ3v) is 4.25. The van der Waals surface area contributed by atoms with Crippen molar-refractivity contribution in [1.82, 2.24) is 4.90 Å². The van der Waals surface area contributed by atoms with Gasteiger partial charge in [0.25, 0.3) is 0 Å². The number of nitrogens with zero attached hydrogens (tertiary/aromatic N) is 1. The highest BCUT2D eigenvalue weighted by molar-refractivity contribution is 5.77. The summed E-state index contributed by atoms with van der Waals surface area (Å²) in [7, 11) is 0. The molecule has 0 aliphatic carbocycles.